The zero-order chi connectivity index (χ0) is 13.1. The molecule has 0 atom stereocenters. The lowest BCUT2D eigenvalue weighted by Gasteiger charge is -2.08. The molecule has 5 heteroatoms. The normalized spacial score (nSPS) is 10.1. The summed E-state index contributed by atoms with van der Waals surface area (Å²) in [5, 5.41) is 3.01. The lowest BCUT2D eigenvalue weighted by Crippen LogP contribution is -2.10. The molecule has 3 nitrogen and oxygen atoms in total. The number of hydrogen-bond donors (Lipinski definition) is 2. The van der Waals surface area contributed by atoms with Gasteiger partial charge in [0.15, 0.2) is 0 Å². The van der Waals surface area contributed by atoms with Crippen molar-refractivity contribution in [3.8, 4) is 0 Å². The lowest BCUT2D eigenvalue weighted by atomic mass is 10.2. The highest BCUT2D eigenvalue weighted by Gasteiger charge is 2.03. The predicted octanol–water partition coefficient (Wildman–Crippen LogP) is 2.91. The van der Waals surface area contributed by atoms with E-state index in [2.05, 4.69) is 10.3 Å². The van der Waals surface area contributed by atoms with Crippen molar-refractivity contribution < 1.29 is 4.39 Å². The highest BCUT2D eigenvalue weighted by atomic mass is 32.1. The Morgan fingerprint density at radius 2 is 2.11 bits per heavy atom. The fourth-order valence-corrected chi connectivity index (χ4v) is 1.71. The number of nitrogens with one attached hydrogen (secondary N) is 1. The van der Waals surface area contributed by atoms with Crippen molar-refractivity contribution in [1.82, 2.24) is 4.98 Å². The smallest absolute Gasteiger partial charge is 0.131 e. The molecule has 0 saturated carbocycles. The lowest BCUT2D eigenvalue weighted by molar-refractivity contribution is 0.628. The van der Waals surface area contributed by atoms with Gasteiger partial charge in [-0.25, -0.2) is 9.37 Å². The minimum Gasteiger partial charge on any atom is -0.389 e. The summed E-state index contributed by atoms with van der Waals surface area (Å²) in [7, 11) is 0. The maximum absolute atomic E-state index is 13.1. The van der Waals surface area contributed by atoms with Gasteiger partial charge >= 0.3 is 0 Å². The molecule has 0 bridgehead atoms. The van der Waals surface area contributed by atoms with E-state index in [0.29, 0.717) is 16.5 Å². The van der Waals surface area contributed by atoms with Crippen LogP contribution in [0.25, 0.3) is 0 Å². The van der Waals surface area contributed by atoms with E-state index in [1.54, 1.807) is 24.3 Å². The SMILES string of the molecule is Cc1cc(C(N)=S)cc(Nc2cccc(F)c2)n1. The molecular weight excluding hydrogens is 249 g/mol. The monoisotopic (exact) mass is 261 g/mol. The summed E-state index contributed by atoms with van der Waals surface area (Å²) in [6.07, 6.45) is 0. The van der Waals surface area contributed by atoms with Gasteiger partial charge in [0.05, 0.1) is 0 Å². The van der Waals surface area contributed by atoms with E-state index < -0.39 is 0 Å². The Labute approximate surface area is 110 Å². The Balaban J connectivity index is 2.31. The zero-order valence-electron chi connectivity index (χ0n) is 9.77. The van der Waals surface area contributed by atoms with Gasteiger partial charge in [0, 0.05) is 16.9 Å². The Kier molecular flexibility index (Phi) is 3.53. The number of aromatic nitrogens is 1. The molecule has 0 aliphatic heterocycles. The molecule has 2 aromatic rings. The number of rotatable bonds is 3. The van der Waals surface area contributed by atoms with Gasteiger partial charge in [-0.3, -0.25) is 0 Å². The summed E-state index contributed by atoms with van der Waals surface area (Å²) in [6.45, 7) is 1.85. The fraction of sp³-hybridized carbons (Fsp3) is 0.0769. The maximum Gasteiger partial charge on any atom is 0.131 e. The summed E-state index contributed by atoms with van der Waals surface area (Å²) < 4.78 is 13.1. The number of thiocarbonyl (C=S) groups is 1. The first kappa shape index (κ1) is 12.4. The number of nitrogens with zero attached hydrogens (tertiary/aromatic N) is 1. The maximum atomic E-state index is 13.1. The topological polar surface area (TPSA) is 50.9 Å². The van der Waals surface area contributed by atoms with E-state index in [0.717, 1.165) is 11.3 Å². The number of halogens is 1. The highest BCUT2D eigenvalue weighted by molar-refractivity contribution is 7.80. The summed E-state index contributed by atoms with van der Waals surface area (Å²) >= 11 is 4.93. The van der Waals surface area contributed by atoms with Crippen LogP contribution in [0.2, 0.25) is 0 Å². The Bertz CT molecular complexity index is 599. The molecule has 2 rings (SSSR count). The van der Waals surface area contributed by atoms with Crippen LogP contribution in [-0.4, -0.2) is 9.97 Å². The molecule has 1 aromatic carbocycles. The van der Waals surface area contributed by atoms with E-state index in [-0.39, 0.29) is 5.82 Å². The van der Waals surface area contributed by atoms with Crippen molar-refractivity contribution in [3.05, 3.63) is 53.5 Å². The molecule has 0 radical (unpaired) electrons. The number of anilines is 2. The van der Waals surface area contributed by atoms with E-state index in [1.165, 1.54) is 12.1 Å². The third kappa shape index (κ3) is 3.01. The second-order valence-electron chi connectivity index (χ2n) is 3.88. The Hall–Kier alpha value is -2.01. The first-order valence-corrected chi connectivity index (χ1v) is 5.76. The fourth-order valence-electron chi connectivity index (χ4n) is 1.59. The molecular formula is C13H12FN3S. The number of hydrogen-bond acceptors (Lipinski definition) is 3. The summed E-state index contributed by atoms with van der Waals surface area (Å²) in [4.78, 5) is 4.60. The van der Waals surface area contributed by atoms with Crippen LogP contribution in [0.15, 0.2) is 36.4 Å². The summed E-state index contributed by atoms with van der Waals surface area (Å²) in [6, 6.07) is 9.70. The Morgan fingerprint density at radius 1 is 1.33 bits per heavy atom. The van der Waals surface area contributed by atoms with Crippen molar-refractivity contribution in [2.45, 2.75) is 6.92 Å². The van der Waals surface area contributed by atoms with Gasteiger partial charge in [-0.05, 0) is 37.3 Å². The van der Waals surface area contributed by atoms with Crippen LogP contribution in [0.5, 0.6) is 0 Å². The van der Waals surface area contributed by atoms with Crippen LogP contribution in [0.1, 0.15) is 11.3 Å². The molecule has 0 unspecified atom stereocenters. The first-order valence-electron chi connectivity index (χ1n) is 5.36. The molecule has 18 heavy (non-hydrogen) atoms. The van der Waals surface area contributed by atoms with Crippen LogP contribution < -0.4 is 11.1 Å². The molecule has 3 N–H and O–H groups in total. The van der Waals surface area contributed by atoms with Gasteiger partial charge in [0.2, 0.25) is 0 Å². The zero-order valence-corrected chi connectivity index (χ0v) is 10.6. The van der Waals surface area contributed by atoms with E-state index >= 15 is 0 Å². The third-order valence-electron chi connectivity index (χ3n) is 2.33. The quantitative estimate of drug-likeness (QED) is 0.834. The van der Waals surface area contributed by atoms with Crippen molar-refractivity contribution in [2.24, 2.45) is 5.73 Å². The van der Waals surface area contributed by atoms with E-state index in [4.69, 9.17) is 18.0 Å². The van der Waals surface area contributed by atoms with Gasteiger partial charge in [0.25, 0.3) is 0 Å². The molecule has 0 spiro atoms. The molecule has 92 valence electrons. The molecule has 1 aromatic heterocycles. The summed E-state index contributed by atoms with van der Waals surface area (Å²) in [5.74, 6) is 0.283. The molecule has 1 heterocycles. The van der Waals surface area contributed by atoms with E-state index in [1.807, 2.05) is 6.92 Å². The Morgan fingerprint density at radius 3 is 2.78 bits per heavy atom. The average Bonchev–Trinajstić information content (AvgIpc) is 2.28. The second kappa shape index (κ2) is 5.10. The number of nitrogens with two attached hydrogens (primary N) is 1. The number of benzene rings is 1. The van der Waals surface area contributed by atoms with Gasteiger partial charge in [-0.2, -0.15) is 0 Å². The second-order valence-corrected chi connectivity index (χ2v) is 4.32. The van der Waals surface area contributed by atoms with E-state index in [9.17, 15) is 4.39 Å². The van der Waals surface area contributed by atoms with Gasteiger partial charge in [0.1, 0.15) is 16.6 Å². The summed E-state index contributed by atoms with van der Waals surface area (Å²) in [5.41, 5.74) is 7.74. The van der Waals surface area contributed by atoms with Crippen molar-refractivity contribution in [2.75, 3.05) is 5.32 Å². The first-order chi connectivity index (χ1) is 8.54. The van der Waals surface area contributed by atoms with Crippen LogP contribution in [0.3, 0.4) is 0 Å². The van der Waals surface area contributed by atoms with Crippen LogP contribution in [0.4, 0.5) is 15.9 Å². The van der Waals surface area contributed by atoms with Crippen LogP contribution in [-0.2, 0) is 0 Å². The molecule has 0 saturated heterocycles. The molecule has 0 amide bonds. The van der Waals surface area contributed by atoms with Gasteiger partial charge in [-0.1, -0.05) is 18.3 Å². The standard InChI is InChI=1S/C13H12FN3S/c1-8-5-9(13(15)18)6-12(16-8)17-11-4-2-3-10(14)7-11/h2-7H,1H3,(H2,15,18)(H,16,17). The predicted molar refractivity (Wildman–Crippen MR) is 74.5 cm³/mol. The number of pyridine rings is 1. The largest absolute Gasteiger partial charge is 0.389 e. The van der Waals surface area contributed by atoms with Gasteiger partial charge in [-0.15, -0.1) is 0 Å². The average molecular weight is 261 g/mol. The van der Waals surface area contributed by atoms with Crippen LogP contribution >= 0.6 is 12.2 Å². The molecule has 0 fully saturated rings. The molecule has 0 aliphatic rings. The van der Waals surface area contributed by atoms with Crippen molar-refractivity contribution in [3.63, 3.8) is 0 Å². The molecule has 0 aliphatic carbocycles. The minimum atomic E-state index is -0.303. The number of aryl methyl sites for hydroxylation is 1. The van der Waals surface area contributed by atoms with Crippen molar-refractivity contribution >= 4 is 28.7 Å². The van der Waals surface area contributed by atoms with Crippen molar-refractivity contribution in [1.29, 1.82) is 0 Å². The highest BCUT2D eigenvalue weighted by Crippen LogP contribution is 2.17. The van der Waals surface area contributed by atoms with Crippen LogP contribution in [0, 0.1) is 12.7 Å². The van der Waals surface area contributed by atoms with Gasteiger partial charge < -0.3 is 11.1 Å². The third-order valence-corrected chi connectivity index (χ3v) is 2.57. The minimum absolute atomic E-state index is 0.303.